The number of rotatable bonds is 2. The fraction of sp³-hybridized carbons (Fsp3) is 0.333. The zero-order valence-electron chi connectivity index (χ0n) is 14.3. The van der Waals surface area contributed by atoms with E-state index in [4.69, 9.17) is 9.72 Å². The molecule has 132 valence electrons. The van der Waals surface area contributed by atoms with Crippen molar-refractivity contribution in [3.63, 3.8) is 0 Å². The van der Waals surface area contributed by atoms with E-state index in [1.807, 2.05) is 28.8 Å². The molecule has 0 radical (unpaired) electrons. The van der Waals surface area contributed by atoms with Crippen molar-refractivity contribution < 1.29 is 4.74 Å². The summed E-state index contributed by atoms with van der Waals surface area (Å²) in [5.74, 6) is 0.742. The molecule has 4 aromatic rings. The summed E-state index contributed by atoms with van der Waals surface area (Å²) < 4.78 is 9.12. The van der Waals surface area contributed by atoms with Crippen LogP contribution < -0.4 is 5.69 Å². The third-order valence-electron chi connectivity index (χ3n) is 5.04. The van der Waals surface area contributed by atoms with Crippen molar-refractivity contribution in [2.24, 2.45) is 5.92 Å². The highest BCUT2D eigenvalue weighted by molar-refractivity contribution is 5.77. The molecule has 0 aliphatic carbocycles. The monoisotopic (exact) mass is 350 g/mol. The smallest absolute Gasteiger partial charge is 0.327 e. The van der Waals surface area contributed by atoms with E-state index in [2.05, 4.69) is 21.9 Å². The largest absolute Gasteiger partial charge is 0.381 e. The number of aromatic amines is 1. The van der Waals surface area contributed by atoms with Crippen LogP contribution in [-0.4, -0.2) is 42.3 Å². The summed E-state index contributed by atoms with van der Waals surface area (Å²) >= 11 is 0. The lowest BCUT2D eigenvalue weighted by molar-refractivity contribution is 0.0288. The number of para-hydroxylation sites is 2. The van der Waals surface area contributed by atoms with Gasteiger partial charge in [-0.2, -0.15) is 4.98 Å². The van der Waals surface area contributed by atoms with Gasteiger partial charge in [-0.05, 0) is 18.6 Å². The van der Waals surface area contributed by atoms with Crippen molar-refractivity contribution in [1.82, 2.24) is 29.1 Å². The van der Waals surface area contributed by atoms with E-state index < -0.39 is 0 Å². The summed E-state index contributed by atoms with van der Waals surface area (Å²) in [6.07, 6.45) is 4.16. The van der Waals surface area contributed by atoms with Crippen molar-refractivity contribution >= 4 is 22.2 Å². The molecule has 8 nitrogen and oxygen atoms in total. The third-order valence-corrected chi connectivity index (χ3v) is 5.04. The van der Waals surface area contributed by atoms with Gasteiger partial charge in [0.15, 0.2) is 5.65 Å². The van der Waals surface area contributed by atoms with E-state index in [0.29, 0.717) is 30.3 Å². The average molecular weight is 350 g/mol. The number of fused-ring (bicyclic) bond motifs is 2. The molecule has 1 aliphatic heterocycles. The van der Waals surface area contributed by atoms with Gasteiger partial charge in [0.05, 0.1) is 23.8 Å². The van der Waals surface area contributed by atoms with Gasteiger partial charge in [0, 0.05) is 18.6 Å². The molecule has 1 aliphatic rings. The average Bonchev–Trinajstić information content (AvgIpc) is 3.22. The molecule has 0 spiro atoms. The lowest BCUT2D eigenvalue weighted by Gasteiger charge is -2.29. The summed E-state index contributed by atoms with van der Waals surface area (Å²) in [5.41, 5.74) is 2.91. The van der Waals surface area contributed by atoms with Gasteiger partial charge >= 0.3 is 5.69 Å². The molecule has 1 fully saturated rings. The molecule has 0 amide bonds. The maximum absolute atomic E-state index is 12.6. The topological polar surface area (TPSA) is 90.6 Å². The Labute approximate surface area is 148 Å². The normalized spacial score (nSPS) is 20.8. The molecule has 3 aromatic heterocycles. The maximum Gasteiger partial charge on any atom is 0.327 e. The summed E-state index contributed by atoms with van der Waals surface area (Å²) in [5, 5.41) is 0. The minimum atomic E-state index is -0.152. The fourth-order valence-electron chi connectivity index (χ4n) is 3.70. The van der Waals surface area contributed by atoms with E-state index in [9.17, 15) is 4.79 Å². The first-order chi connectivity index (χ1) is 12.7. The number of hydrogen-bond donors (Lipinski definition) is 1. The zero-order valence-corrected chi connectivity index (χ0v) is 14.3. The highest BCUT2D eigenvalue weighted by Crippen LogP contribution is 2.27. The summed E-state index contributed by atoms with van der Waals surface area (Å²) in [6, 6.07) is 7.88. The first-order valence-electron chi connectivity index (χ1n) is 8.70. The fourth-order valence-corrected chi connectivity index (χ4v) is 3.70. The maximum atomic E-state index is 12.6. The molecular weight excluding hydrogens is 332 g/mol. The molecule has 8 heteroatoms. The van der Waals surface area contributed by atoms with Crippen LogP contribution in [-0.2, 0) is 4.74 Å². The highest BCUT2D eigenvalue weighted by atomic mass is 16.5. The third kappa shape index (κ3) is 2.26. The van der Waals surface area contributed by atoms with Gasteiger partial charge in [-0.15, -0.1) is 0 Å². The van der Waals surface area contributed by atoms with E-state index >= 15 is 0 Å². The minimum absolute atomic E-state index is 0.0623. The van der Waals surface area contributed by atoms with E-state index in [1.54, 1.807) is 17.1 Å². The van der Waals surface area contributed by atoms with Crippen molar-refractivity contribution in [2.45, 2.75) is 19.4 Å². The van der Waals surface area contributed by atoms with Crippen LogP contribution in [0.5, 0.6) is 0 Å². The van der Waals surface area contributed by atoms with Crippen LogP contribution in [0.1, 0.15) is 19.4 Å². The van der Waals surface area contributed by atoms with Crippen molar-refractivity contribution in [2.75, 3.05) is 13.2 Å². The van der Waals surface area contributed by atoms with Gasteiger partial charge in [-0.1, -0.05) is 19.1 Å². The standard InChI is InChI=1S/C18H18N6O2/c1-11-9-26-7-6-14(11)24-16-13(21-18(24)25)8-19-17(22-16)23-10-20-12-4-2-3-5-15(12)23/h2-5,8,10-11,14H,6-7,9H2,1H3,(H,21,25)/t11-,14+/m1/s1. The van der Waals surface area contributed by atoms with Gasteiger partial charge in [0.1, 0.15) is 11.8 Å². The number of hydrogen-bond acceptors (Lipinski definition) is 5. The lowest BCUT2D eigenvalue weighted by Crippen LogP contribution is -2.33. The van der Waals surface area contributed by atoms with E-state index in [1.165, 1.54) is 0 Å². The van der Waals surface area contributed by atoms with Gasteiger partial charge in [0.25, 0.3) is 0 Å². The molecule has 0 saturated carbocycles. The van der Waals surface area contributed by atoms with Crippen LogP contribution in [0.2, 0.25) is 0 Å². The molecule has 1 aromatic carbocycles. The van der Waals surface area contributed by atoms with Crippen molar-refractivity contribution in [3.8, 4) is 5.95 Å². The first-order valence-corrected chi connectivity index (χ1v) is 8.70. The van der Waals surface area contributed by atoms with Gasteiger partial charge in [0.2, 0.25) is 5.95 Å². The van der Waals surface area contributed by atoms with Gasteiger partial charge < -0.3 is 9.72 Å². The van der Waals surface area contributed by atoms with Crippen LogP contribution in [0.3, 0.4) is 0 Å². The molecule has 4 heterocycles. The summed E-state index contributed by atoms with van der Waals surface area (Å²) in [7, 11) is 0. The number of nitrogens with one attached hydrogen (secondary N) is 1. The van der Waals surface area contributed by atoms with E-state index in [-0.39, 0.29) is 17.6 Å². The van der Waals surface area contributed by atoms with Gasteiger partial charge in [-0.25, -0.2) is 14.8 Å². The number of nitrogens with zero attached hydrogens (tertiary/aromatic N) is 5. The lowest BCUT2D eigenvalue weighted by atomic mass is 9.98. The predicted molar refractivity (Wildman–Crippen MR) is 96.4 cm³/mol. The Balaban J connectivity index is 1.70. The summed E-state index contributed by atoms with van der Waals surface area (Å²) in [4.78, 5) is 29.0. The molecule has 1 N–H and O–H groups in total. The first kappa shape index (κ1) is 15.3. The number of H-pyrrole nitrogens is 1. The number of imidazole rings is 2. The molecule has 0 bridgehead atoms. The predicted octanol–water partition coefficient (Wildman–Crippen LogP) is 2.06. The van der Waals surface area contributed by atoms with Crippen LogP contribution in [0.15, 0.2) is 41.6 Å². The molecular formula is C18H18N6O2. The second-order valence-electron chi connectivity index (χ2n) is 6.72. The van der Waals surface area contributed by atoms with E-state index in [0.717, 1.165) is 17.5 Å². The van der Waals surface area contributed by atoms with Crippen LogP contribution >= 0.6 is 0 Å². The number of ether oxygens (including phenoxy) is 1. The Hall–Kier alpha value is -3.00. The SMILES string of the molecule is C[C@@H]1COCC[C@@H]1n1c(=O)[nH]c2cnc(-n3cnc4ccccc43)nc21. The Morgan fingerprint density at radius 2 is 2.15 bits per heavy atom. The Kier molecular flexibility index (Phi) is 3.39. The molecule has 26 heavy (non-hydrogen) atoms. The number of aromatic nitrogens is 6. The summed E-state index contributed by atoms with van der Waals surface area (Å²) in [6.45, 7) is 3.40. The Bertz CT molecular complexity index is 1160. The molecule has 2 atom stereocenters. The number of benzene rings is 1. The second kappa shape index (κ2) is 5.77. The minimum Gasteiger partial charge on any atom is -0.381 e. The van der Waals surface area contributed by atoms with Crippen molar-refractivity contribution in [3.05, 3.63) is 47.3 Å². The van der Waals surface area contributed by atoms with Crippen LogP contribution in [0.25, 0.3) is 28.1 Å². The highest BCUT2D eigenvalue weighted by Gasteiger charge is 2.27. The molecule has 0 unspecified atom stereocenters. The molecule has 1 saturated heterocycles. The van der Waals surface area contributed by atoms with Gasteiger partial charge in [-0.3, -0.25) is 9.13 Å². The second-order valence-corrected chi connectivity index (χ2v) is 6.72. The van der Waals surface area contributed by atoms with Crippen LogP contribution in [0.4, 0.5) is 0 Å². The Morgan fingerprint density at radius 1 is 1.27 bits per heavy atom. The zero-order chi connectivity index (χ0) is 17.7. The Morgan fingerprint density at radius 3 is 3.04 bits per heavy atom. The van der Waals surface area contributed by atoms with Crippen molar-refractivity contribution in [1.29, 1.82) is 0 Å². The quantitative estimate of drug-likeness (QED) is 0.597. The molecule has 5 rings (SSSR count). The van der Waals surface area contributed by atoms with Crippen LogP contribution in [0, 0.1) is 5.92 Å².